The Morgan fingerprint density at radius 2 is 2.27 bits per heavy atom. The molecule has 2 aromatic rings. The van der Waals surface area contributed by atoms with Crippen molar-refractivity contribution in [2.75, 3.05) is 13.1 Å². The van der Waals surface area contributed by atoms with Crippen LogP contribution in [0.4, 0.5) is 0 Å². The maximum Gasteiger partial charge on any atom is 0.0900 e. The van der Waals surface area contributed by atoms with Crippen LogP contribution in [0.5, 0.6) is 0 Å². The topological polar surface area (TPSA) is 34.1 Å². The maximum absolute atomic E-state index is 6.20. The number of nitrogens with one attached hydrogen (secondary N) is 1. The van der Waals surface area contributed by atoms with Crippen LogP contribution in [0, 0.1) is 19.8 Å². The molecule has 0 bridgehead atoms. The lowest BCUT2D eigenvalue weighted by molar-refractivity contribution is -0.0163. The van der Waals surface area contributed by atoms with Gasteiger partial charge in [0, 0.05) is 17.8 Å². The van der Waals surface area contributed by atoms with E-state index in [-0.39, 0.29) is 0 Å². The first-order valence-corrected chi connectivity index (χ1v) is 8.87. The van der Waals surface area contributed by atoms with E-state index in [1.54, 1.807) is 11.3 Å². The fraction of sp³-hybridized carbons (Fsp3) is 0.500. The molecule has 4 heteroatoms. The monoisotopic (exact) mass is 316 g/mol. The van der Waals surface area contributed by atoms with Crippen molar-refractivity contribution in [2.45, 2.75) is 39.4 Å². The van der Waals surface area contributed by atoms with Crippen molar-refractivity contribution < 1.29 is 4.74 Å². The van der Waals surface area contributed by atoms with Crippen molar-refractivity contribution in [3.63, 3.8) is 0 Å². The third-order valence-electron chi connectivity index (χ3n) is 4.23. The van der Waals surface area contributed by atoms with E-state index < -0.39 is 0 Å². The van der Waals surface area contributed by atoms with E-state index >= 15 is 0 Å². The van der Waals surface area contributed by atoms with Gasteiger partial charge in [-0.3, -0.25) is 0 Å². The molecule has 0 aliphatic carbocycles. The summed E-state index contributed by atoms with van der Waals surface area (Å²) < 4.78 is 6.20. The van der Waals surface area contributed by atoms with E-state index in [2.05, 4.69) is 46.9 Å². The number of ether oxygens (including phenoxy) is 1. The highest BCUT2D eigenvalue weighted by Gasteiger charge is 2.26. The van der Waals surface area contributed by atoms with Gasteiger partial charge in [-0.1, -0.05) is 29.8 Å². The van der Waals surface area contributed by atoms with E-state index in [1.807, 2.05) is 6.92 Å². The minimum atomic E-state index is 0.323. The van der Waals surface area contributed by atoms with Crippen molar-refractivity contribution in [2.24, 2.45) is 5.92 Å². The first-order chi connectivity index (χ1) is 10.7. The molecule has 118 valence electrons. The average molecular weight is 316 g/mol. The number of piperidine rings is 1. The Morgan fingerprint density at radius 3 is 3.05 bits per heavy atom. The van der Waals surface area contributed by atoms with Gasteiger partial charge in [0.05, 0.1) is 23.4 Å². The van der Waals surface area contributed by atoms with Gasteiger partial charge >= 0.3 is 0 Å². The number of benzene rings is 1. The summed E-state index contributed by atoms with van der Waals surface area (Å²) >= 11 is 1.69. The second-order valence-corrected chi connectivity index (χ2v) is 7.22. The number of aromatic nitrogens is 1. The molecule has 1 aromatic heterocycles. The zero-order valence-electron chi connectivity index (χ0n) is 13.3. The van der Waals surface area contributed by atoms with E-state index in [9.17, 15) is 0 Å². The van der Waals surface area contributed by atoms with Crippen LogP contribution in [0.25, 0.3) is 0 Å². The van der Waals surface area contributed by atoms with Crippen LogP contribution in [0.3, 0.4) is 0 Å². The van der Waals surface area contributed by atoms with Crippen molar-refractivity contribution >= 4 is 11.3 Å². The lowest BCUT2D eigenvalue weighted by Crippen LogP contribution is -2.42. The summed E-state index contributed by atoms with van der Waals surface area (Å²) in [6, 6.07) is 8.81. The quantitative estimate of drug-likeness (QED) is 0.917. The van der Waals surface area contributed by atoms with Gasteiger partial charge in [0.25, 0.3) is 0 Å². The van der Waals surface area contributed by atoms with Crippen LogP contribution < -0.4 is 5.32 Å². The molecule has 0 amide bonds. The zero-order valence-corrected chi connectivity index (χ0v) is 14.2. The fourth-order valence-electron chi connectivity index (χ4n) is 3.13. The molecule has 3 nitrogen and oxygen atoms in total. The molecular weight excluding hydrogens is 292 g/mol. The van der Waals surface area contributed by atoms with Gasteiger partial charge < -0.3 is 10.1 Å². The normalized spacial score (nSPS) is 21.9. The molecule has 0 radical (unpaired) electrons. The third-order valence-corrected chi connectivity index (χ3v) is 5.05. The highest BCUT2D eigenvalue weighted by atomic mass is 32.1. The maximum atomic E-state index is 6.20. The van der Waals surface area contributed by atoms with Crippen LogP contribution >= 0.6 is 11.3 Å². The van der Waals surface area contributed by atoms with Gasteiger partial charge in [0.2, 0.25) is 0 Å². The minimum Gasteiger partial charge on any atom is -0.371 e. The van der Waals surface area contributed by atoms with Gasteiger partial charge in [0.15, 0.2) is 0 Å². The summed E-state index contributed by atoms with van der Waals surface area (Å²) in [4.78, 5) is 4.49. The third kappa shape index (κ3) is 4.15. The SMILES string of the molecule is Cc1cccc(C[C@H]2CNCC[C@H]2OCc2csc(C)n2)c1. The molecule has 1 N–H and O–H groups in total. The molecule has 1 aliphatic rings. The summed E-state index contributed by atoms with van der Waals surface area (Å²) in [5.74, 6) is 0.537. The lowest BCUT2D eigenvalue weighted by Gasteiger charge is -2.32. The van der Waals surface area contributed by atoms with Gasteiger partial charge in [-0.2, -0.15) is 0 Å². The Bertz CT molecular complexity index is 611. The molecule has 1 fully saturated rings. The molecular formula is C18H24N2OS. The predicted octanol–water partition coefficient (Wildman–Crippen LogP) is 3.50. The summed E-state index contributed by atoms with van der Waals surface area (Å²) in [6.45, 7) is 6.92. The summed E-state index contributed by atoms with van der Waals surface area (Å²) in [7, 11) is 0. The van der Waals surface area contributed by atoms with Crippen LogP contribution in [0.15, 0.2) is 29.6 Å². The first-order valence-electron chi connectivity index (χ1n) is 7.99. The minimum absolute atomic E-state index is 0.323. The number of rotatable bonds is 5. The lowest BCUT2D eigenvalue weighted by atomic mass is 9.89. The average Bonchev–Trinajstić information content (AvgIpc) is 2.92. The Morgan fingerprint density at radius 1 is 1.36 bits per heavy atom. The second kappa shape index (κ2) is 7.36. The van der Waals surface area contributed by atoms with E-state index in [4.69, 9.17) is 4.74 Å². The number of aryl methyl sites for hydroxylation is 2. The van der Waals surface area contributed by atoms with Gasteiger partial charge in [0.1, 0.15) is 0 Å². The van der Waals surface area contributed by atoms with Crippen molar-refractivity contribution in [3.8, 4) is 0 Å². The molecule has 1 aromatic carbocycles. The number of hydrogen-bond donors (Lipinski definition) is 1. The second-order valence-electron chi connectivity index (χ2n) is 6.15. The summed E-state index contributed by atoms with van der Waals surface area (Å²) in [5.41, 5.74) is 3.80. The molecule has 0 unspecified atom stereocenters. The highest BCUT2D eigenvalue weighted by Crippen LogP contribution is 2.22. The van der Waals surface area contributed by atoms with E-state index in [0.717, 1.165) is 36.6 Å². The van der Waals surface area contributed by atoms with E-state index in [1.165, 1.54) is 11.1 Å². The number of nitrogens with zero attached hydrogens (tertiary/aromatic N) is 1. The highest BCUT2D eigenvalue weighted by molar-refractivity contribution is 7.09. The first kappa shape index (κ1) is 15.7. The molecule has 22 heavy (non-hydrogen) atoms. The smallest absolute Gasteiger partial charge is 0.0900 e. The van der Waals surface area contributed by atoms with Crippen molar-refractivity contribution in [3.05, 3.63) is 51.5 Å². The molecule has 2 atom stereocenters. The van der Waals surface area contributed by atoms with Crippen molar-refractivity contribution in [1.29, 1.82) is 0 Å². The van der Waals surface area contributed by atoms with Crippen LogP contribution in [-0.4, -0.2) is 24.2 Å². The van der Waals surface area contributed by atoms with Crippen LogP contribution in [0.1, 0.15) is 28.2 Å². The summed E-state index contributed by atoms with van der Waals surface area (Å²) in [5, 5.41) is 6.72. The number of hydrogen-bond acceptors (Lipinski definition) is 4. The Kier molecular flexibility index (Phi) is 5.24. The molecule has 0 saturated carbocycles. The van der Waals surface area contributed by atoms with Crippen LogP contribution in [-0.2, 0) is 17.8 Å². The predicted molar refractivity (Wildman–Crippen MR) is 91.3 cm³/mol. The molecule has 3 rings (SSSR count). The molecule has 1 aliphatic heterocycles. The standard InChI is InChI=1S/C18H24N2OS/c1-13-4-3-5-15(8-13)9-16-10-19-7-6-18(16)21-11-17-12-22-14(2)20-17/h3-5,8,12,16,18-19H,6-7,9-11H2,1-2H3/t16-,18+/m0/s1. The fourth-order valence-corrected chi connectivity index (χ4v) is 3.73. The zero-order chi connectivity index (χ0) is 15.4. The van der Waals surface area contributed by atoms with Gasteiger partial charge in [-0.05, 0) is 38.8 Å². The summed E-state index contributed by atoms with van der Waals surface area (Å²) in [6.07, 6.45) is 2.48. The Balaban J connectivity index is 1.60. The number of thiazole rings is 1. The van der Waals surface area contributed by atoms with E-state index in [0.29, 0.717) is 18.6 Å². The molecule has 2 heterocycles. The largest absolute Gasteiger partial charge is 0.371 e. The van der Waals surface area contributed by atoms with Gasteiger partial charge in [-0.15, -0.1) is 11.3 Å². The Hall–Kier alpha value is -1.23. The van der Waals surface area contributed by atoms with Gasteiger partial charge in [-0.25, -0.2) is 4.98 Å². The van der Waals surface area contributed by atoms with Crippen LogP contribution in [0.2, 0.25) is 0 Å². The van der Waals surface area contributed by atoms with Crippen molar-refractivity contribution in [1.82, 2.24) is 10.3 Å². The Labute approximate surface area is 136 Å². The molecule has 0 spiro atoms. The molecule has 1 saturated heterocycles.